The van der Waals surface area contributed by atoms with Crippen LogP contribution in [0, 0.1) is 0 Å². The quantitative estimate of drug-likeness (QED) is 0.804. The summed E-state index contributed by atoms with van der Waals surface area (Å²) in [6.07, 6.45) is 5.65. The number of hydrogen-bond acceptors (Lipinski definition) is 3. The van der Waals surface area contributed by atoms with Crippen LogP contribution in [-0.4, -0.2) is 15.3 Å². The summed E-state index contributed by atoms with van der Waals surface area (Å²) in [5.41, 5.74) is 6.68. The van der Waals surface area contributed by atoms with Gasteiger partial charge in [0.15, 0.2) is 0 Å². The van der Waals surface area contributed by atoms with E-state index in [9.17, 15) is 0 Å². The van der Waals surface area contributed by atoms with Gasteiger partial charge < -0.3 is 4.57 Å². The Labute approximate surface area is 129 Å². The first kappa shape index (κ1) is 12.8. The zero-order valence-electron chi connectivity index (χ0n) is 12.0. The second-order valence-electron chi connectivity index (χ2n) is 5.34. The van der Waals surface area contributed by atoms with Crippen molar-refractivity contribution >= 4 is 5.71 Å². The lowest BCUT2D eigenvalue weighted by Gasteiger charge is -2.22. The zero-order valence-corrected chi connectivity index (χ0v) is 12.0. The summed E-state index contributed by atoms with van der Waals surface area (Å²) in [6, 6.07) is 20.9. The second kappa shape index (κ2) is 5.48. The fourth-order valence-corrected chi connectivity index (χ4v) is 2.94. The topological polar surface area (TPSA) is 42.2 Å². The molecular weight excluding hydrogens is 272 g/mol. The van der Waals surface area contributed by atoms with Gasteiger partial charge in [0, 0.05) is 12.4 Å². The van der Waals surface area contributed by atoms with Crippen molar-refractivity contribution in [1.82, 2.24) is 15.0 Å². The van der Waals surface area contributed by atoms with Crippen LogP contribution in [0.15, 0.2) is 84.5 Å². The van der Waals surface area contributed by atoms with E-state index in [1.807, 2.05) is 43.0 Å². The first-order valence-electron chi connectivity index (χ1n) is 7.34. The van der Waals surface area contributed by atoms with Crippen LogP contribution in [0.2, 0.25) is 0 Å². The van der Waals surface area contributed by atoms with E-state index >= 15 is 0 Å². The van der Waals surface area contributed by atoms with Crippen LogP contribution in [-0.2, 0) is 0 Å². The van der Waals surface area contributed by atoms with Crippen LogP contribution in [0.3, 0.4) is 0 Å². The molecule has 4 nitrogen and oxygen atoms in total. The molecule has 2 heterocycles. The number of nitrogens with one attached hydrogen (secondary N) is 1. The van der Waals surface area contributed by atoms with Gasteiger partial charge in [-0.25, -0.2) is 4.98 Å². The molecule has 0 aliphatic carbocycles. The molecule has 0 amide bonds. The van der Waals surface area contributed by atoms with Gasteiger partial charge >= 0.3 is 0 Å². The SMILES string of the molecule is c1ccc(C2=NNC(c3ccccc3)C2n2ccnc2)cc1. The summed E-state index contributed by atoms with van der Waals surface area (Å²) in [5, 5.41) is 4.62. The molecular formula is C18H16N4. The summed E-state index contributed by atoms with van der Waals surface area (Å²) in [6.45, 7) is 0. The number of hydrogen-bond donors (Lipinski definition) is 1. The van der Waals surface area contributed by atoms with Crippen molar-refractivity contribution < 1.29 is 0 Å². The Hall–Kier alpha value is -2.88. The number of rotatable bonds is 3. The average Bonchev–Trinajstić information content (AvgIpc) is 3.25. The molecule has 2 unspecified atom stereocenters. The molecule has 1 aromatic heterocycles. The highest BCUT2D eigenvalue weighted by molar-refractivity contribution is 6.04. The third-order valence-electron chi connectivity index (χ3n) is 3.99. The van der Waals surface area contributed by atoms with Gasteiger partial charge in [-0.1, -0.05) is 60.7 Å². The number of benzene rings is 2. The zero-order chi connectivity index (χ0) is 14.8. The monoisotopic (exact) mass is 288 g/mol. The lowest BCUT2D eigenvalue weighted by atomic mass is 9.93. The molecule has 0 saturated carbocycles. The van der Waals surface area contributed by atoms with Crippen molar-refractivity contribution in [2.75, 3.05) is 0 Å². The minimum Gasteiger partial charge on any atom is -0.326 e. The van der Waals surface area contributed by atoms with E-state index in [1.54, 1.807) is 0 Å². The van der Waals surface area contributed by atoms with Gasteiger partial charge in [0.1, 0.15) is 6.04 Å². The first-order valence-corrected chi connectivity index (χ1v) is 7.34. The predicted molar refractivity (Wildman–Crippen MR) is 86.6 cm³/mol. The van der Waals surface area contributed by atoms with Gasteiger partial charge in [0.2, 0.25) is 0 Å². The summed E-state index contributed by atoms with van der Waals surface area (Å²) >= 11 is 0. The molecule has 0 saturated heterocycles. The summed E-state index contributed by atoms with van der Waals surface area (Å²) < 4.78 is 2.11. The highest BCUT2D eigenvalue weighted by Crippen LogP contribution is 2.34. The molecule has 0 radical (unpaired) electrons. The Bertz CT molecular complexity index is 763. The average molecular weight is 288 g/mol. The minimum absolute atomic E-state index is 0.0901. The molecule has 0 spiro atoms. The van der Waals surface area contributed by atoms with Crippen molar-refractivity contribution in [1.29, 1.82) is 0 Å². The summed E-state index contributed by atoms with van der Waals surface area (Å²) in [4.78, 5) is 4.20. The van der Waals surface area contributed by atoms with Crippen LogP contribution in [0.5, 0.6) is 0 Å². The number of imidazole rings is 1. The molecule has 1 aliphatic rings. The van der Waals surface area contributed by atoms with E-state index in [1.165, 1.54) is 5.56 Å². The van der Waals surface area contributed by atoms with Gasteiger partial charge in [-0.05, 0) is 11.1 Å². The fraction of sp³-hybridized carbons (Fsp3) is 0.111. The van der Waals surface area contributed by atoms with Crippen LogP contribution >= 0.6 is 0 Å². The van der Waals surface area contributed by atoms with Crippen molar-refractivity contribution in [2.45, 2.75) is 12.1 Å². The lowest BCUT2D eigenvalue weighted by Crippen LogP contribution is -2.25. The summed E-state index contributed by atoms with van der Waals surface area (Å²) in [5.74, 6) is 0. The summed E-state index contributed by atoms with van der Waals surface area (Å²) in [7, 11) is 0. The Kier molecular flexibility index (Phi) is 3.20. The highest BCUT2D eigenvalue weighted by Gasteiger charge is 2.34. The Balaban J connectivity index is 1.77. The maximum absolute atomic E-state index is 4.62. The predicted octanol–water partition coefficient (Wildman–Crippen LogP) is 3.17. The molecule has 108 valence electrons. The third-order valence-corrected chi connectivity index (χ3v) is 3.99. The number of hydrazone groups is 1. The molecule has 22 heavy (non-hydrogen) atoms. The van der Waals surface area contributed by atoms with Gasteiger partial charge in [0.25, 0.3) is 0 Å². The Morgan fingerprint density at radius 2 is 1.64 bits per heavy atom. The molecule has 0 bridgehead atoms. The van der Waals surface area contributed by atoms with Gasteiger partial charge in [-0.3, -0.25) is 5.43 Å². The number of nitrogens with zero attached hydrogens (tertiary/aromatic N) is 3. The third kappa shape index (κ3) is 2.19. The highest BCUT2D eigenvalue weighted by atomic mass is 15.4. The molecule has 4 heteroatoms. The van der Waals surface area contributed by atoms with Crippen LogP contribution in [0.4, 0.5) is 0 Å². The van der Waals surface area contributed by atoms with E-state index in [-0.39, 0.29) is 12.1 Å². The van der Waals surface area contributed by atoms with E-state index in [0.717, 1.165) is 11.3 Å². The Morgan fingerprint density at radius 1 is 0.909 bits per heavy atom. The van der Waals surface area contributed by atoms with E-state index in [4.69, 9.17) is 0 Å². The Morgan fingerprint density at radius 3 is 2.32 bits per heavy atom. The van der Waals surface area contributed by atoms with Crippen molar-refractivity contribution in [3.8, 4) is 0 Å². The first-order chi connectivity index (χ1) is 10.9. The molecule has 2 aromatic carbocycles. The molecule has 1 aliphatic heterocycles. The van der Waals surface area contributed by atoms with Gasteiger partial charge in [0.05, 0.1) is 18.1 Å². The van der Waals surface area contributed by atoms with Gasteiger partial charge in [-0.2, -0.15) is 5.10 Å². The normalized spacial score (nSPS) is 20.5. The molecule has 4 rings (SSSR count). The van der Waals surface area contributed by atoms with Crippen LogP contribution in [0.1, 0.15) is 23.2 Å². The molecule has 3 aromatic rings. The van der Waals surface area contributed by atoms with Crippen molar-refractivity contribution in [2.24, 2.45) is 5.10 Å². The van der Waals surface area contributed by atoms with E-state index in [0.29, 0.717) is 0 Å². The smallest absolute Gasteiger partial charge is 0.105 e. The lowest BCUT2D eigenvalue weighted by molar-refractivity contribution is 0.481. The van der Waals surface area contributed by atoms with Crippen molar-refractivity contribution in [3.63, 3.8) is 0 Å². The second-order valence-corrected chi connectivity index (χ2v) is 5.34. The standard InChI is InChI=1S/C18H16N4/c1-3-7-14(8-4-1)16-18(22-12-11-19-13-22)17(21-20-16)15-9-5-2-6-10-15/h1-13,16,18,20H. The molecule has 0 fully saturated rings. The molecule has 1 N–H and O–H groups in total. The maximum Gasteiger partial charge on any atom is 0.105 e. The number of aromatic nitrogens is 2. The molecule has 2 atom stereocenters. The van der Waals surface area contributed by atoms with Crippen LogP contribution in [0.25, 0.3) is 0 Å². The van der Waals surface area contributed by atoms with Crippen LogP contribution < -0.4 is 5.43 Å². The largest absolute Gasteiger partial charge is 0.326 e. The van der Waals surface area contributed by atoms with Gasteiger partial charge in [-0.15, -0.1) is 0 Å². The van der Waals surface area contributed by atoms with Crippen molar-refractivity contribution in [3.05, 3.63) is 90.5 Å². The minimum atomic E-state index is 0.0901. The fourth-order valence-electron chi connectivity index (χ4n) is 2.94. The van der Waals surface area contributed by atoms with E-state index < -0.39 is 0 Å². The maximum atomic E-state index is 4.62. The van der Waals surface area contributed by atoms with E-state index in [2.05, 4.69) is 56.5 Å².